The first-order valence-electron chi connectivity index (χ1n) is 6.44. The van der Waals surface area contributed by atoms with Gasteiger partial charge in [0.2, 0.25) is 0 Å². The fourth-order valence-corrected chi connectivity index (χ4v) is 1.89. The molecule has 0 fully saturated rings. The largest absolute Gasteiger partial charge is 0.369 e. The van der Waals surface area contributed by atoms with E-state index in [4.69, 9.17) is 11.6 Å². The van der Waals surface area contributed by atoms with Gasteiger partial charge in [-0.15, -0.1) is 10.2 Å². The number of carbonyl (C=O) groups excluding carboxylic acids is 1. The molecule has 5 nitrogen and oxygen atoms in total. The van der Waals surface area contributed by atoms with Crippen molar-refractivity contribution in [2.45, 2.75) is 13.3 Å². The maximum Gasteiger partial charge on any atom is 0.261 e. The fourth-order valence-electron chi connectivity index (χ4n) is 1.64. The maximum absolute atomic E-state index is 13.6. The van der Waals surface area contributed by atoms with Crippen molar-refractivity contribution >= 4 is 29.1 Å². The Bertz CT molecular complexity index is 613. The van der Waals surface area contributed by atoms with Gasteiger partial charge in [-0.3, -0.25) is 4.79 Å². The van der Waals surface area contributed by atoms with Crippen molar-refractivity contribution in [3.63, 3.8) is 0 Å². The summed E-state index contributed by atoms with van der Waals surface area (Å²) >= 11 is 5.83. The van der Waals surface area contributed by atoms with E-state index in [-0.39, 0.29) is 16.4 Å². The summed E-state index contributed by atoms with van der Waals surface area (Å²) < 4.78 is 13.6. The Hall–Kier alpha value is -2.21. The normalized spacial score (nSPS) is 10.2. The molecule has 110 valence electrons. The van der Waals surface area contributed by atoms with Gasteiger partial charge in [0.25, 0.3) is 5.91 Å². The van der Waals surface area contributed by atoms with E-state index in [0.29, 0.717) is 5.82 Å². The van der Waals surface area contributed by atoms with Gasteiger partial charge in [-0.25, -0.2) is 4.39 Å². The lowest BCUT2D eigenvalue weighted by molar-refractivity contribution is 0.102. The number of carbonyl (C=O) groups is 1. The first-order valence-corrected chi connectivity index (χ1v) is 6.82. The Labute approximate surface area is 126 Å². The van der Waals surface area contributed by atoms with Crippen molar-refractivity contribution in [2.75, 3.05) is 17.2 Å². The molecule has 0 unspecified atom stereocenters. The monoisotopic (exact) mass is 308 g/mol. The summed E-state index contributed by atoms with van der Waals surface area (Å²) in [7, 11) is 0. The van der Waals surface area contributed by atoms with Gasteiger partial charge in [-0.05, 0) is 30.7 Å². The lowest BCUT2D eigenvalue weighted by Crippen LogP contribution is -2.16. The van der Waals surface area contributed by atoms with Gasteiger partial charge in [0, 0.05) is 6.54 Å². The maximum atomic E-state index is 13.6. The predicted molar refractivity (Wildman–Crippen MR) is 80.2 cm³/mol. The standard InChI is InChI=1S/C14H14ClFN4O/c1-2-8-17-11-6-7-12(20-19-11)18-14(21)13-9(15)4-3-5-10(13)16/h3-7H,2,8H2,1H3,(H,17,19)(H,18,20,21). The van der Waals surface area contributed by atoms with E-state index >= 15 is 0 Å². The molecule has 0 aliphatic rings. The highest BCUT2D eigenvalue weighted by Crippen LogP contribution is 2.20. The summed E-state index contributed by atoms with van der Waals surface area (Å²) in [6, 6.07) is 7.31. The first-order chi connectivity index (χ1) is 10.1. The third-order valence-electron chi connectivity index (χ3n) is 2.65. The molecule has 2 aromatic rings. The van der Waals surface area contributed by atoms with E-state index in [9.17, 15) is 9.18 Å². The second-order valence-electron chi connectivity index (χ2n) is 4.28. The van der Waals surface area contributed by atoms with Crippen molar-refractivity contribution in [1.82, 2.24) is 10.2 Å². The molecular weight excluding hydrogens is 295 g/mol. The number of halogens is 2. The van der Waals surface area contributed by atoms with Crippen LogP contribution < -0.4 is 10.6 Å². The number of aromatic nitrogens is 2. The molecule has 1 amide bonds. The van der Waals surface area contributed by atoms with Gasteiger partial charge in [-0.2, -0.15) is 0 Å². The highest BCUT2D eigenvalue weighted by Gasteiger charge is 2.16. The third kappa shape index (κ3) is 3.88. The smallest absolute Gasteiger partial charge is 0.261 e. The Morgan fingerprint density at radius 2 is 1.95 bits per heavy atom. The molecular formula is C14H14ClFN4O. The molecule has 0 atom stereocenters. The van der Waals surface area contributed by atoms with E-state index in [1.54, 1.807) is 12.1 Å². The summed E-state index contributed by atoms with van der Waals surface area (Å²) in [6.07, 6.45) is 0.964. The third-order valence-corrected chi connectivity index (χ3v) is 2.97. The number of hydrogen-bond acceptors (Lipinski definition) is 4. The van der Waals surface area contributed by atoms with Gasteiger partial charge in [0.15, 0.2) is 5.82 Å². The van der Waals surface area contributed by atoms with Crippen LogP contribution in [-0.2, 0) is 0 Å². The van der Waals surface area contributed by atoms with Crippen LogP contribution in [0, 0.1) is 5.82 Å². The second kappa shape index (κ2) is 6.99. The highest BCUT2D eigenvalue weighted by molar-refractivity contribution is 6.34. The van der Waals surface area contributed by atoms with Crippen molar-refractivity contribution < 1.29 is 9.18 Å². The molecule has 0 spiro atoms. The zero-order valence-electron chi connectivity index (χ0n) is 11.4. The lowest BCUT2D eigenvalue weighted by Gasteiger charge is -2.07. The van der Waals surface area contributed by atoms with E-state index in [2.05, 4.69) is 20.8 Å². The molecule has 0 radical (unpaired) electrons. The molecule has 1 aromatic carbocycles. The zero-order chi connectivity index (χ0) is 15.2. The summed E-state index contributed by atoms with van der Waals surface area (Å²) in [6.45, 7) is 2.82. The van der Waals surface area contributed by atoms with Gasteiger partial charge >= 0.3 is 0 Å². The average Bonchev–Trinajstić information content (AvgIpc) is 2.46. The van der Waals surface area contributed by atoms with Gasteiger partial charge in [-0.1, -0.05) is 24.6 Å². The zero-order valence-corrected chi connectivity index (χ0v) is 12.1. The number of hydrogen-bond donors (Lipinski definition) is 2. The Balaban J connectivity index is 2.09. The van der Waals surface area contributed by atoms with Crippen LogP contribution in [0.1, 0.15) is 23.7 Å². The van der Waals surface area contributed by atoms with Crippen LogP contribution in [-0.4, -0.2) is 22.6 Å². The number of nitrogens with zero attached hydrogens (tertiary/aromatic N) is 2. The van der Waals surface area contributed by atoms with Gasteiger partial charge < -0.3 is 10.6 Å². The van der Waals surface area contributed by atoms with Crippen LogP contribution in [0.25, 0.3) is 0 Å². The topological polar surface area (TPSA) is 66.9 Å². The van der Waals surface area contributed by atoms with Crippen molar-refractivity contribution in [3.05, 3.63) is 46.7 Å². The van der Waals surface area contributed by atoms with Crippen molar-refractivity contribution in [1.29, 1.82) is 0 Å². The number of rotatable bonds is 5. The molecule has 0 saturated carbocycles. The Morgan fingerprint density at radius 1 is 1.24 bits per heavy atom. The number of anilines is 2. The Morgan fingerprint density at radius 3 is 2.57 bits per heavy atom. The minimum Gasteiger partial charge on any atom is -0.369 e. The van der Waals surface area contributed by atoms with Crippen LogP contribution in [0.4, 0.5) is 16.0 Å². The van der Waals surface area contributed by atoms with E-state index < -0.39 is 11.7 Å². The molecule has 2 N–H and O–H groups in total. The van der Waals surface area contributed by atoms with Crippen molar-refractivity contribution in [3.8, 4) is 0 Å². The Kier molecular flexibility index (Phi) is 5.05. The molecule has 0 bridgehead atoms. The first kappa shape index (κ1) is 15.2. The van der Waals surface area contributed by atoms with Crippen molar-refractivity contribution in [2.24, 2.45) is 0 Å². The molecule has 0 aliphatic heterocycles. The molecule has 21 heavy (non-hydrogen) atoms. The summed E-state index contributed by atoms with van der Waals surface area (Å²) in [4.78, 5) is 12.0. The fraction of sp³-hybridized carbons (Fsp3) is 0.214. The molecule has 0 aliphatic carbocycles. The quantitative estimate of drug-likeness (QED) is 0.889. The molecule has 0 saturated heterocycles. The van der Waals surface area contributed by atoms with Crippen LogP contribution in [0.5, 0.6) is 0 Å². The lowest BCUT2D eigenvalue weighted by atomic mass is 10.2. The molecule has 1 heterocycles. The minimum absolute atomic E-state index is 0.0432. The second-order valence-corrected chi connectivity index (χ2v) is 4.69. The van der Waals surface area contributed by atoms with Crippen LogP contribution in [0.2, 0.25) is 5.02 Å². The van der Waals surface area contributed by atoms with Crippen LogP contribution in [0.3, 0.4) is 0 Å². The predicted octanol–water partition coefficient (Wildman–Crippen LogP) is 3.34. The number of nitrogens with one attached hydrogen (secondary N) is 2. The molecule has 7 heteroatoms. The average molecular weight is 309 g/mol. The van der Waals surface area contributed by atoms with Crippen LogP contribution in [0.15, 0.2) is 30.3 Å². The minimum atomic E-state index is -0.686. The highest BCUT2D eigenvalue weighted by atomic mass is 35.5. The SMILES string of the molecule is CCCNc1ccc(NC(=O)c2c(F)cccc2Cl)nn1. The van der Waals surface area contributed by atoms with Gasteiger partial charge in [0.05, 0.1) is 10.6 Å². The number of amides is 1. The number of benzene rings is 1. The summed E-state index contributed by atoms with van der Waals surface area (Å²) in [5.74, 6) is -0.518. The van der Waals surface area contributed by atoms with E-state index in [1.807, 2.05) is 6.92 Å². The molecule has 1 aromatic heterocycles. The molecule has 2 rings (SSSR count). The summed E-state index contributed by atoms with van der Waals surface area (Å²) in [5, 5.41) is 13.3. The summed E-state index contributed by atoms with van der Waals surface area (Å²) in [5.41, 5.74) is -0.214. The van der Waals surface area contributed by atoms with E-state index in [1.165, 1.54) is 18.2 Å². The van der Waals surface area contributed by atoms with Crippen LogP contribution >= 0.6 is 11.6 Å². The van der Waals surface area contributed by atoms with Gasteiger partial charge in [0.1, 0.15) is 11.6 Å². The van der Waals surface area contributed by atoms with E-state index in [0.717, 1.165) is 13.0 Å².